The van der Waals surface area contributed by atoms with Gasteiger partial charge in [-0.05, 0) is 50.3 Å². The Hall–Kier alpha value is -2.87. The second-order valence-corrected chi connectivity index (χ2v) is 8.35. The highest BCUT2D eigenvalue weighted by Crippen LogP contribution is 2.22. The van der Waals surface area contributed by atoms with Crippen molar-refractivity contribution in [1.29, 1.82) is 0 Å². The fourth-order valence-corrected chi connectivity index (χ4v) is 4.29. The molecular formula is C23H31N5O3. The van der Waals surface area contributed by atoms with Crippen LogP contribution in [0.15, 0.2) is 36.7 Å². The first-order chi connectivity index (χ1) is 15.1. The summed E-state index contributed by atoms with van der Waals surface area (Å²) in [5.74, 6) is 0.735. The van der Waals surface area contributed by atoms with Crippen molar-refractivity contribution in [2.75, 3.05) is 25.0 Å². The molecule has 0 spiro atoms. The van der Waals surface area contributed by atoms with Gasteiger partial charge >= 0.3 is 6.09 Å². The summed E-state index contributed by atoms with van der Waals surface area (Å²) in [4.78, 5) is 31.6. The van der Waals surface area contributed by atoms with Crippen LogP contribution in [0, 0.1) is 6.92 Å². The fourth-order valence-electron chi connectivity index (χ4n) is 4.29. The van der Waals surface area contributed by atoms with Crippen LogP contribution in [0.25, 0.3) is 0 Å². The zero-order valence-corrected chi connectivity index (χ0v) is 18.0. The van der Waals surface area contributed by atoms with Crippen LogP contribution in [0.2, 0.25) is 0 Å². The van der Waals surface area contributed by atoms with Crippen molar-refractivity contribution >= 4 is 17.7 Å². The number of nitrogens with one attached hydrogen (secondary N) is 2. The lowest BCUT2D eigenvalue weighted by Gasteiger charge is -2.35. The van der Waals surface area contributed by atoms with E-state index in [1.807, 2.05) is 37.4 Å². The number of amides is 2. The molecule has 1 aromatic heterocycles. The van der Waals surface area contributed by atoms with Crippen molar-refractivity contribution in [1.82, 2.24) is 19.8 Å². The van der Waals surface area contributed by atoms with Gasteiger partial charge in [0, 0.05) is 44.3 Å². The minimum Gasteiger partial charge on any atom is -0.446 e. The number of imidazole rings is 1. The summed E-state index contributed by atoms with van der Waals surface area (Å²) in [5.41, 5.74) is 1.78. The van der Waals surface area contributed by atoms with E-state index in [0.717, 1.165) is 37.1 Å². The van der Waals surface area contributed by atoms with Gasteiger partial charge in [-0.3, -0.25) is 9.69 Å². The summed E-state index contributed by atoms with van der Waals surface area (Å²) in [6, 6.07) is 7.17. The molecule has 1 saturated carbocycles. The number of carbonyl (C=O) groups is 2. The lowest BCUT2D eigenvalue weighted by molar-refractivity contribution is -0.121. The molecule has 0 unspecified atom stereocenters. The SMILES string of the molecule is Cc1nccn1Cc1cccc(NC(=O)[C@H]2CNCCN2C(=O)OC2CCCCC2)c1. The monoisotopic (exact) mass is 425 g/mol. The largest absolute Gasteiger partial charge is 0.446 e. The third-order valence-corrected chi connectivity index (χ3v) is 6.07. The first kappa shape index (κ1) is 21.4. The Balaban J connectivity index is 1.39. The molecule has 166 valence electrons. The molecule has 1 saturated heterocycles. The smallest absolute Gasteiger partial charge is 0.410 e. The maximum atomic E-state index is 13.0. The van der Waals surface area contributed by atoms with Crippen molar-refractivity contribution in [3.63, 3.8) is 0 Å². The number of aromatic nitrogens is 2. The first-order valence-corrected chi connectivity index (χ1v) is 11.2. The quantitative estimate of drug-likeness (QED) is 0.769. The molecule has 2 amide bonds. The van der Waals surface area contributed by atoms with Crippen LogP contribution in [0.1, 0.15) is 43.5 Å². The van der Waals surface area contributed by atoms with Crippen LogP contribution in [0.4, 0.5) is 10.5 Å². The van der Waals surface area contributed by atoms with Gasteiger partial charge in [-0.25, -0.2) is 9.78 Å². The number of ether oxygens (including phenoxy) is 1. The van der Waals surface area contributed by atoms with Gasteiger partial charge < -0.3 is 19.9 Å². The highest BCUT2D eigenvalue weighted by Gasteiger charge is 2.34. The zero-order chi connectivity index (χ0) is 21.6. The maximum absolute atomic E-state index is 13.0. The Morgan fingerprint density at radius 3 is 2.87 bits per heavy atom. The average Bonchev–Trinajstić information content (AvgIpc) is 3.19. The van der Waals surface area contributed by atoms with E-state index in [1.54, 1.807) is 11.1 Å². The number of hydrogen-bond acceptors (Lipinski definition) is 5. The number of carbonyl (C=O) groups excluding carboxylic acids is 2. The number of aryl methyl sites for hydroxylation is 1. The summed E-state index contributed by atoms with van der Waals surface area (Å²) in [5, 5.41) is 6.20. The lowest BCUT2D eigenvalue weighted by atomic mass is 9.98. The Kier molecular flexibility index (Phi) is 6.86. The number of hydrogen-bond donors (Lipinski definition) is 2. The van der Waals surface area contributed by atoms with E-state index in [1.165, 1.54) is 6.42 Å². The number of nitrogens with zero attached hydrogens (tertiary/aromatic N) is 3. The van der Waals surface area contributed by atoms with Crippen LogP contribution in [-0.4, -0.2) is 58.2 Å². The molecule has 0 bridgehead atoms. The topological polar surface area (TPSA) is 88.5 Å². The molecule has 1 aliphatic carbocycles. The summed E-state index contributed by atoms with van der Waals surface area (Å²) in [6.45, 7) is 4.18. The van der Waals surface area contributed by atoms with E-state index >= 15 is 0 Å². The van der Waals surface area contributed by atoms with Crippen LogP contribution >= 0.6 is 0 Å². The molecular weight excluding hydrogens is 394 g/mol. The molecule has 8 nitrogen and oxygen atoms in total. The van der Waals surface area contributed by atoms with Gasteiger partial charge in [0.2, 0.25) is 5.91 Å². The van der Waals surface area contributed by atoms with E-state index in [9.17, 15) is 9.59 Å². The van der Waals surface area contributed by atoms with Gasteiger partial charge in [0.15, 0.2) is 0 Å². The molecule has 2 aromatic rings. The summed E-state index contributed by atoms with van der Waals surface area (Å²) >= 11 is 0. The van der Waals surface area contributed by atoms with E-state index in [2.05, 4.69) is 20.2 Å². The van der Waals surface area contributed by atoms with E-state index < -0.39 is 6.04 Å². The molecule has 1 aromatic carbocycles. The molecule has 0 radical (unpaired) electrons. The van der Waals surface area contributed by atoms with E-state index in [-0.39, 0.29) is 18.1 Å². The lowest BCUT2D eigenvalue weighted by Crippen LogP contribution is -2.58. The van der Waals surface area contributed by atoms with Crippen molar-refractivity contribution in [2.24, 2.45) is 0 Å². The van der Waals surface area contributed by atoms with Crippen LogP contribution in [0.5, 0.6) is 0 Å². The van der Waals surface area contributed by atoms with Crippen LogP contribution in [0.3, 0.4) is 0 Å². The van der Waals surface area contributed by atoms with Crippen molar-refractivity contribution < 1.29 is 14.3 Å². The summed E-state index contributed by atoms with van der Waals surface area (Å²) in [7, 11) is 0. The zero-order valence-electron chi connectivity index (χ0n) is 18.0. The summed E-state index contributed by atoms with van der Waals surface area (Å²) in [6.07, 6.45) is 8.53. The van der Waals surface area contributed by atoms with Crippen LogP contribution < -0.4 is 10.6 Å². The number of anilines is 1. The number of benzene rings is 1. The third kappa shape index (κ3) is 5.44. The minimum atomic E-state index is -0.593. The number of rotatable bonds is 5. The Morgan fingerprint density at radius 2 is 2.10 bits per heavy atom. The maximum Gasteiger partial charge on any atom is 0.410 e. The predicted octanol–water partition coefficient (Wildman–Crippen LogP) is 2.92. The average molecular weight is 426 g/mol. The fraction of sp³-hybridized carbons (Fsp3) is 0.522. The molecule has 2 N–H and O–H groups in total. The van der Waals surface area contributed by atoms with E-state index in [0.29, 0.717) is 31.9 Å². The van der Waals surface area contributed by atoms with Gasteiger partial charge in [0.25, 0.3) is 0 Å². The second kappa shape index (κ2) is 9.96. The highest BCUT2D eigenvalue weighted by molar-refractivity contribution is 5.97. The Morgan fingerprint density at radius 1 is 1.26 bits per heavy atom. The molecule has 1 atom stereocenters. The van der Waals surface area contributed by atoms with Gasteiger partial charge in [0.1, 0.15) is 18.0 Å². The third-order valence-electron chi connectivity index (χ3n) is 6.07. The van der Waals surface area contributed by atoms with Gasteiger partial charge in [-0.15, -0.1) is 0 Å². The Labute approximate surface area is 183 Å². The predicted molar refractivity (Wildman–Crippen MR) is 118 cm³/mol. The minimum absolute atomic E-state index is 0.0249. The van der Waals surface area contributed by atoms with Crippen molar-refractivity contribution in [2.45, 2.75) is 57.7 Å². The molecule has 2 aliphatic rings. The normalized spacial score (nSPS) is 19.8. The van der Waals surface area contributed by atoms with Gasteiger partial charge in [-0.1, -0.05) is 18.6 Å². The van der Waals surface area contributed by atoms with Crippen LogP contribution in [-0.2, 0) is 16.1 Å². The summed E-state index contributed by atoms with van der Waals surface area (Å²) < 4.78 is 7.77. The highest BCUT2D eigenvalue weighted by atomic mass is 16.6. The molecule has 4 rings (SSSR count). The van der Waals surface area contributed by atoms with Gasteiger partial charge in [-0.2, -0.15) is 0 Å². The van der Waals surface area contributed by atoms with Crippen molar-refractivity contribution in [3.8, 4) is 0 Å². The number of piperazine rings is 1. The molecule has 2 fully saturated rings. The van der Waals surface area contributed by atoms with E-state index in [4.69, 9.17) is 4.74 Å². The second-order valence-electron chi connectivity index (χ2n) is 8.35. The molecule has 1 aliphatic heterocycles. The standard InChI is InChI=1S/C23H31N5O3/c1-17-25-11-12-27(17)16-18-6-5-7-19(14-18)26-22(29)21-15-24-10-13-28(21)23(30)31-20-8-3-2-4-9-20/h5-7,11-12,14,20-21,24H,2-4,8-10,13,15-16H2,1H3,(H,26,29)/t21-/m1/s1. The molecule has 8 heteroatoms. The van der Waals surface area contributed by atoms with Gasteiger partial charge in [0.05, 0.1) is 0 Å². The Bertz CT molecular complexity index is 906. The molecule has 2 heterocycles. The van der Waals surface area contributed by atoms with Crippen molar-refractivity contribution in [3.05, 3.63) is 48.0 Å². The first-order valence-electron chi connectivity index (χ1n) is 11.2. The molecule has 31 heavy (non-hydrogen) atoms.